The Kier molecular flexibility index (Phi) is 3.19. The molecule has 0 fully saturated rings. The molecule has 21 heavy (non-hydrogen) atoms. The highest BCUT2D eigenvalue weighted by atomic mass is 19.4. The van der Waals surface area contributed by atoms with Crippen LogP contribution >= 0.6 is 0 Å². The Morgan fingerprint density at radius 3 is 2.67 bits per heavy atom. The largest absolute Gasteiger partial charge is 0.480 e. The van der Waals surface area contributed by atoms with Crippen molar-refractivity contribution < 1.29 is 22.3 Å². The first kappa shape index (κ1) is 13.7. The van der Waals surface area contributed by atoms with Crippen molar-refractivity contribution >= 4 is 5.69 Å². The first-order valence-electron chi connectivity index (χ1n) is 6.17. The van der Waals surface area contributed by atoms with E-state index in [9.17, 15) is 17.6 Å². The fraction of sp³-hybridized carbons (Fsp3) is 0.214. The smallest absolute Gasteiger partial charge is 0.416 e. The Morgan fingerprint density at radius 1 is 1.19 bits per heavy atom. The van der Waals surface area contributed by atoms with Crippen molar-refractivity contribution in [3.05, 3.63) is 53.6 Å². The van der Waals surface area contributed by atoms with Gasteiger partial charge in [-0.3, -0.25) is 4.98 Å². The molecule has 0 bridgehead atoms. The number of ether oxygens (including phenoxy) is 1. The summed E-state index contributed by atoms with van der Waals surface area (Å²) < 4.78 is 56.3. The molecule has 1 aliphatic heterocycles. The van der Waals surface area contributed by atoms with Gasteiger partial charge in [-0.2, -0.15) is 13.2 Å². The topological polar surface area (TPSA) is 34.1 Å². The first-order valence-corrected chi connectivity index (χ1v) is 6.17. The molecule has 0 saturated carbocycles. The first-order chi connectivity index (χ1) is 9.93. The molecular weight excluding hydrogens is 288 g/mol. The molecule has 1 aromatic heterocycles. The van der Waals surface area contributed by atoms with Gasteiger partial charge in [0.25, 0.3) is 0 Å². The van der Waals surface area contributed by atoms with Crippen molar-refractivity contribution in [3.63, 3.8) is 0 Å². The number of nitrogens with zero attached hydrogens (tertiary/aromatic N) is 1. The third-order valence-corrected chi connectivity index (χ3v) is 3.13. The van der Waals surface area contributed by atoms with E-state index in [0.717, 1.165) is 18.3 Å². The molecule has 0 amide bonds. The third kappa shape index (κ3) is 2.76. The number of benzene rings is 1. The van der Waals surface area contributed by atoms with Gasteiger partial charge in [-0.05, 0) is 30.3 Å². The Hall–Kier alpha value is -2.31. The van der Waals surface area contributed by atoms with E-state index in [-0.39, 0.29) is 12.2 Å². The highest BCUT2D eigenvalue weighted by Gasteiger charge is 2.32. The number of hydrogen-bond acceptors (Lipinski definition) is 3. The fourth-order valence-corrected chi connectivity index (χ4v) is 2.09. The number of pyridine rings is 1. The van der Waals surface area contributed by atoms with Crippen LogP contribution in [0.2, 0.25) is 0 Å². The minimum Gasteiger partial charge on any atom is -0.480 e. The summed E-state index contributed by atoms with van der Waals surface area (Å²) in [6.45, 7) is 0.257. The normalized spacial score (nSPS) is 17.6. The fourth-order valence-electron chi connectivity index (χ4n) is 2.09. The number of nitrogens with one attached hydrogen (secondary N) is 1. The van der Waals surface area contributed by atoms with Crippen LogP contribution < -0.4 is 10.1 Å². The Bertz CT molecular complexity index is 655. The summed E-state index contributed by atoms with van der Waals surface area (Å²) in [4.78, 5) is 3.91. The van der Waals surface area contributed by atoms with Crippen LogP contribution in [0.3, 0.4) is 0 Å². The summed E-state index contributed by atoms with van der Waals surface area (Å²) in [7, 11) is 0. The SMILES string of the molecule is Fc1ccc(C2CNc3cc(C(F)(F)F)ccc3O2)nc1. The lowest BCUT2D eigenvalue weighted by atomic mass is 10.1. The average molecular weight is 298 g/mol. The van der Waals surface area contributed by atoms with Crippen LogP contribution in [0.25, 0.3) is 0 Å². The zero-order valence-corrected chi connectivity index (χ0v) is 10.6. The van der Waals surface area contributed by atoms with E-state index in [0.29, 0.717) is 11.4 Å². The molecule has 110 valence electrons. The lowest BCUT2D eigenvalue weighted by Crippen LogP contribution is -2.24. The summed E-state index contributed by atoms with van der Waals surface area (Å²) >= 11 is 0. The Balaban J connectivity index is 1.85. The Morgan fingerprint density at radius 2 is 2.00 bits per heavy atom. The van der Waals surface area contributed by atoms with Crippen LogP contribution in [-0.2, 0) is 6.18 Å². The van der Waals surface area contributed by atoms with E-state index >= 15 is 0 Å². The molecule has 1 aliphatic rings. The number of rotatable bonds is 1. The van der Waals surface area contributed by atoms with Crippen LogP contribution in [-0.4, -0.2) is 11.5 Å². The minimum absolute atomic E-state index is 0.257. The predicted octanol–water partition coefficient (Wildman–Crippen LogP) is 3.79. The number of fused-ring (bicyclic) bond motifs is 1. The van der Waals surface area contributed by atoms with Crippen molar-refractivity contribution in [2.45, 2.75) is 12.3 Å². The molecule has 1 unspecified atom stereocenters. The van der Waals surface area contributed by atoms with Crippen molar-refractivity contribution in [3.8, 4) is 5.75 Å². The molecule has 1 N–H and O–H groups in total. The maximum Gasteiger partial charge on any atom is 0.416 e. The van der Waals surface area contributed by atoms with Gasteiger partial charge in [0.1, 0.15) is 11.6 Å². The van der Waals surface area contributed by atoms with Crippen LogP contribution in [0.15, 0.2) is 36.5 Å². The van der Waals surface area contributed by atoms with Gasteiger partial charge in [0.05, 0.1) is 29.7 Å². The van der Waals surface area contributed by atoms with E-state index in [2.05, 4.69) is 10.3 Å². The third-order valence-electron chi connectivity index (χ3n) is 3.13. The summed E-state index contributed by atoms with van der Waals surface area (Å²) in [5.74, 6) is -0.150. The molecule has 1 aromatic carbocycles. The predicted molar refractivity (Wildman–Crippen MR) is 67.5 cm³/mol. The molecule has 0 saturated heterocycles. The summed E-state index contributed by atoms with van der Waals surface area (Å²) in [6.07, 6.45) is -3.80. The lowest BCUT2D eigenvalue weighted by Gasteiger charge is -2.27. The standard InChI is InChI=1S/C14H10F4N2O/c15-9-2-3-10(19-6-9)13-7-20-11-5-8(14(16,17)18)1-4-12(11)21-13/h1-6,13,20H,7H2. The number of aromatic nitrogens is 1. The second kappa shape index (κ2) is 4.91. The van der Waals surface area contributed by atoms with Crippen LogP contribution in [0, 0.1) is 5.82 Å². The van der Waals surface area contributed by atoms with Gasteiger partial charge >= 0.3 is 6.18 Å². The Labute approximate surface area is 117 Å². The molecule has 0 spiro atoms. The van der Waals surface area contributed by atoms with Crippen molar-refractivity contribution in [1.82, 2.24) is 4.98 Å². The van der Waals surface area contributed by atoms with Gasteiger partial charge in [0, 0.05) is 0 Å². The molecule has 0 aliphatic carbocycles. The van der Waals surface area contributed by atoms with Gasteiger partial charge in [-0.15, -0.1) is 0 Å². The average Bonchev–Trinajstić information content (AvgIpc) is 2.46. The van der Waals surface area contributed by atoms with Crippen molar-refractivity contribution in [2.75, 3.05) is 11.9 Å². The number of halogens is 4. The van der Waals surface area contributed by atoms with Crippen LogP contribution in [0.5, 0.6) is 5.75 Å². The monoisotopic (exact) mass is 298 g/mol. The maximum atomic E-state index is 12.8. The van der Waals surface area contributed by atoms with Crippen LogP contribution in [0.4, 0.5) is 23.2 Å². The van der Waals surface area contributed by atoms with Gasteiger partial charge in [-0.1, -0.05) is 0 Å². The molecule has 7 heteroatoms. The zero-order chi connectivity index (χ0) is 15.0. The minimum atomic E-state index is -4.40. The summed E-state index contributed by atoms with van der Waals surface area (Å²) in [5, 5.41) is 2.88. The van der Waals surface area contributed by atoms with Gasteiger partial charge in [0.2, 0.25) is 0 Å². The maximum absolute atomic E-state index is 12.8. The summed E-state index contributed by atoms with van der Waals surface area (Å²) in [6, 6.07) is 5.97. The zero-order valence-electron chi connectivity index (χ0n) is 10.6. The summed E-state index contributed by atoms with van der Waals surface area (Å²) in [5.41, 5.74) is 0.0494. The van der Waals surface area contributed by atoms with Gasteiger partial charge < -0.3 is 10.1 Å². The molecule has 1 atom stereocenters. The highest BCUT2D eigenvalue weighted by Crippen LogP contribution is 2.38. The molecule has 2 heterocycles. The molecule has 3 nitrogen and oxygen atoms in total. The van der Waals surface area contributed by atoms with E-state index in [1.54, 1.807) is 0 Å². The second-order valence-corrected chi connectivity index (χ2v) is 4.60. The second-order valence-electron chi connectivity index (χ2n) is 4.60. The van der Waals surface area contributed by atoms with Gasteiger partial charge in [0.15, 0.2) is 6.10 Å². The molecule has 0 radical (unpaired) electrons. The molecule has 2 aromatic rings. The number of alkyl halides is 3. The van der Waals surface area contributed by atoms with E-state index in [1.807, 2.05) is 0 Å². The van der Waals surface area contributed by atoms with Gasteiger partial charge in [-0.25, -0.2) is 4.39 Å². The van der Waals surface area contributed by atoms with Crippen LogP contribution in [0.1, 0.15) is 17.4 Å². The van der Waals surface area contributed by atoms with Crippen molar-refractivity contribution in [1.29, 1.82) is 0 Å². The number of hydrogen-bond donors (Lipinski definition) is 1. The van der Waals surface area contributed by atoms with E-state index in [1.165, 1.54) is 18.2 Å². The molecule has 3 rings (SSSR count). The molecular formula is C14H10F4N2O. The lowest BCUT2D eigenvalue weighted by molar-refractivity contribution is -0.137. The van der Waals surface area contributed by atoms with Crippen molar-refractivity contribution in [2.24, 2.45) is 0 Å². The van der Waals surface area contributed by atoms with E-state index in [4.69, 9.17) is 4.74 Å². The number of anilines is 1. The quantitative estimate of drug-likeness (QED) is 0.813. The highest BCUT2D eigenvalue weighted by molar-refractivity contribution is 5.60. The van der Waals surface area contributed by atoms with E-state index < -0.39 is 23.7 Å².